The molecule has 0 aliphatic rings. The summed E-state index contributed by atoms with van der Waals surface area (Å²) in [7, 11) is 0. The van der Waals surface area contributed by atoms with E-state index in [1.54, 1.807) is 0 Å². The standard InChI is InChI=1S/C17H18N2/c1-10-6-5-7-14(11(10)2)15-8-9-16-17(12(15)3)19-13(4)18-16/h5-9H,1-4H3,(H,18,19). The van der Waals surface area contributed by atoms with Gasteiger partial charge in [-0.2, -0.15) is 0 Å². The van der Waals surface area contributed by atoms with Gasteiger partial charge in [0, 0.05) is 0 Å². The van der Waals surface area contributed by atoms with E-state index in [0.29, 0.717) is 0 Å². The lowest BCUT2D eigenvalue weighted by Crippen LogP contribution is -1.90. The molecule has 1 heterocycles. The first-order valence-corrected chi connectivity index (χ1v) is 6.60. The largest absolute Gasteiger partial charge is 0.342 e. The lowest BCUT2D eigenvalue weighted by Gasteiger charge is -2.11. The highest BCUT2D eigenvalue weighted by Gasteiger charge is 2.11. The number of hydrogen-bond acceptors (Lipinski definition) is 1. The van der Waals surface area contributed by atoms with Crippen molar-refractivity contribution in [2.24, 2.45) is 0 Å². The monoisotopic (exact) mass is 250 g/mol. The third kappa shape index (κ3) is 1.84. The van der Waals surface area contributed by atoms with E-state index in [1.807, 2.05) is 6.92 Å². The minimum absolute atomic E-state index is 0.969. The summed E-state index contributed by atoms with van der Waals surface area (Å²) in [5, 5.41) is 0. The molecule has 3 aromatic rings. The Morgan fingerprint density at radius 3 is 2.37 bits per heavy atom. The van der Waals surface area contributed by atoms with Crippen LogP contribution in [0.15, 0.2) is 30.3 Å². The van der Waals surface area contributed by atoms with Crippen LogP contribution in [-0.4, -0.2) is 9.97 Å². The summed E-state index contributed by atoms with van der Waals surface area (Å²) in [4.78, 5) is 7.85. The number of nitrogens with one attached hydrogen (secondary N) is 1. The van der Waals surface area contributed by atoms with Crippen molar-refractivity contribution in [1.29, 1.82) is 0 Å². The second-order valence-electron chi connectivity index (χ2n) is 5.20. The maximum absolute atomic E-state index is 4.49. The maximum Gasteiger partial charge on any atom is 0.104 e. The topological polar surface area (TPSA) is 28.7 Å². The van der Waals surface area contributed by atoms with Crippen LogP contribution in [0.1, 0.15) is 22.5 Å². The molecule has 96 valence electrons. The average Bonchev–Trinajstić information content (AvgIpc) is 2.76. The predicted octanol–water partition coefficient (Wildman–Crippen LogP) is 4.46. The molecule has 0 atom stereocenters. The molecule has 3 rings (SSSR count). The molecule has 19 heavy (non-hydrogen) atoms. The van der Waals surface area contributed by atoms with E-state index in [1.165, 1.54) is 27.8 Å². The highest BCUT2D eigenvalue weighted by molar-refractivity contribution is 5.87. The van der Waals surface area contributed by atoms with Gasteiger partial charge >= 0.3 is 0 Å². The number of aromatic nitrogens is 2. The fourth-order valence-corrected chi connectivity index (χ4v) is 2.67. The van der Waals surface area contributed by atoms with Gasteiger partial charge in [-0.05, 0) is 61.6 Å². The van der Waals surface area contributed by atoms with Crippen molar-refractivity contribution in [1.82, 2.24) is 9.97 Å². The molecule has 1 N–H and O–H groups in total. The SMILES string of the molecule is Cc1nc2ccc(-c3cccc(C)c3C)c(C)c2[nH]1. The Balaban J connectivity index is 2.31. The van der Waals surface area contributed by atoms with Gasteiger partial charge in [0.2, 0.25) is 0 Å². The molecule has 1 aromatic heterocycles. The fourth-order valence-electron chi connectivity index (χ4n) is 2.67. The van der Waals surface area contributed by atoms with Crippen LogP contribution in [0.5, 0.6) is 0 Å². The minimum atomic E-state index is 0.969. The van der Waals surface area contributed by atoms with Crippen LogP contribution in [0, 0.1) is 27.7 Å². The molecule has 2 nitrogen and oxygen atoms in total. The van der Waals surface area contributed by atoms with Gasteiger partial charge in [0.25, 0.3) is 0 Å². The lowest BCUT2D eigenvalue weighted by atomic mass is 9.93. The Labute approximate surface area is 113 Å². The Morgan fingerprint density at radius 1 is 0.842 bits per heavy atom. The highest BCUT2D eigenvalue weighted by atomic mass is 14.9. The molecule has 0 fully saturated rings. The zero-order valence-corrected chi connectivity index (χ0v) is 11.8. The zero-order chi connectivity index (χ0) is 13.6. The van der Waals surface area contributed by atoms with Crippen molar-refractivity contribution >= 4 is 11.0 Å². The Hall–Kier alpha value is -2.09. The molecule has 0 aliphatic carbocycles. The van der Waals surface area contributed by atoms with Crippen LogP contribution >= 0.6 is 0 Å². The first kappa shape index (κ1) is 12.0. The van der Waals surface area contributed by atoms with Crippen LogP contribution in [0.2, 0.25) is 0 Å². The number of fused-ring (bicyclic) bond motifs is 1. The van der Waals surface area contributed by atoms with E-state index in [4.69, 9.17) is 0 Å². The third-order valence-electron chi connectivity index (χ3n) is 3.93. The smallest absolute Gasteiger partial charge is 0.104 e. The van der Waals surface area contributed by atoms with Crippen LogP contribution in [-0.2, 0) is 0 Å². The van der Waals surface area contributed by atoms with Crippen LogP contribution in [0.3, 0.4) is 0 Å². The van der Waals surface area contributed by atoms with Gasteiger partial charge in [-0.1, -0.05) is 24.3 Å². The number of H-pyrrole nitrogens is 1. The fraction of sp³-hybridized carbons (Fsp3) is 0.235. The van der Waals surface area contributed by atoms with Crippen molar-refractivity contribution in [3.8, 4) is 11.1 Å². The summed E-state index contributed by atoms with van der Waals surface area (Å²) < 4.78 is 0. The van der Waals surface area contributed by atoms with Crippen molar-refractivity contribution < 1.29 is 0 Å². The molecule has 0 unspecified atom stereocenters. The summed E-state index contributed by atoms with van der Waals surface area (Å²) in [6.07, 6.45) is 0. The van der Waals surface area contributed by atoms with Gasteiger partial charge in [-0.15, -0.1) is 0 Å². The Bertz CT molecular complexity index is 766. The van der Waals surface area contributed by atoms with Crippen molar-refractivity contribution in [3.05, 3.63) is 52.8 Å². The Morgan fingerprint density at radius 2 is 1.58 bits per heavy atom. The molecule has 0 spiro atoms. The predicted molar refractivity (Wildman–Crippen MR) is 80.5 cm³/mol. The molecule has 2 heteroatoms. The highest BCUT2D eigenvalue weighted by Crippen LogP contribution is 2.31. The summed E-state index contributed by atoms with van der Waals surface area (Å²) in [5.74, 6) is 0.969. The number of aryl methyl sites for hydroxylation is 3. The first-order chi connectivity index (χ1) is 9.08. The second kappa shape index (κ2) is 4.23. The minimum Gasteiger partial charge on any atom is -0.342 e. The molecule has 0 saturated carbocycles. The van der Waals surface area contributed by atoms with Crippen molar-refractivity contribution in [3.63, 3.8) is 0 Å². The quantitative estimate of drug-likeness (QED) is 0.678. The van der Waals surface area contributed by atoms with E-state index >= 15 is 0 Å². The lowest BCUT2D eigenvalue weighted by molar-refractivity contribution is 1.17. The van der Waals surface area contributed by atoms with Gasteiger partial charge in [0.1, 0.15) is 5.82 Å². The summed E-state index contributed by atoms with van der Waals surface area (Å²) in [6.45, 7) is 8.51. The van der Waals surface area contributed by atoms with Gasteiger partial charge in [0.05, 0.1) is 11.0 Å². The molecular formula is C17H18N2. The van der Waals surface area contributed by atoms with E-state index in [2.05, 4.69) is 61.1 Å². The van der Waals surface area contributed by atoms with E-state index in [-0.39, 0.29) is 0 Å². The molecule has 0 bridgehead atoms. The third-order valence-corrected chi connectivity index (χ3v) is 3.93. The van der Waals surface area contributed by atoms with E-state index in [9.17, 15) is 0 Å². The van der Waals surface area contributed by atoms with Crippen LogP contribution < -0.4 is 0 Å². The first-order valence-electron chi connectivity index (χ1n) is 6.60. The maximum atomic E-state index is 4.49. The normalized spacial score (nSPS) is 11.2. The van der Waals surface area contributed by atoms with Gasteiger partial charge < -0.3 is 4.98 Å². The summed E-state index contributed by atoms with van der Waals surface area (Å²) in [5.41, 5.74) is 8.75. The molecular weight excluding hydrogens is 232 g/mol. The average molecular weight is 250 g/mol. The molecule has 0 radical (unpaired) electrons. The number of aromatic amines is 1. The van der Waals surface area contributed by atoms with Crippen LogP contribution in [0.25, 0.3) is 22.2 Å². The number of nitrogens with zero attached hydrogens (tertiary/aromatic N) is 1. The molecule has 0 amide bonds. The Kier molecular flexibility index (Phi) is 2.67. The van der Waals surface area contributed by atoms with E-state index in [0.717, 1.165) is 16.9 Å². The zero-order valence-electron chi connectivity index (χ0n) is 11.8. The number of benzene rings is 2. The van der Waals surface area contributed by atoms with Gasteiger partial charge in [0.15, 0.2) is 0 Å². The van der Waals surface area contributed by atoms with E-state index < -0.39 is 0 Å². The summed E-state index contributed by atoms with van der Waals surface area (Å²) in [6, 6.07) is 10.8. The number of hydrogen-bond donors (Lipinski definition) is 1. The van der Waals surface area contributed by atoms with Crippen molar-refractivity contribution in [2.45, 2.75) is 27.7 Å². The number of rotatable bonds is 1. The summed E-state index contributed by atoms with van der Waals surface area (Å²) >= 11 is 0. The van der Waals surface area contributed by atoms with Crippen molar-refractivity contribution in [2.75, 3.05) is 0 Å². The van der Waals surface area contributed by atoms with Gasteiger partial charge in [-0.3, -0.25) is 0 Å². The molecule has 0 saturated heterocycles. The number of imidazole rings is 1. The van der Waals surface area contributed by atoms with Gasteiger partial charge in [-0.25, -0.2) is 4.98 Å². The van der Waals surface area contributed by atoms with Crippen LogP contribution in [0.4, 0.5) is 0 Å². The second-order valence-corrected chi connectivity index (χ2v) is 5.20. The molecule has 0 aliphatic heterocycles. The molecule has 2 aromatic carbocycles.